The molecule has 0 radical (unpaired) electrons. The molecular formula is C21H23N9O3S. The van der Waals surface area contributed by atoms with Crippen LogP contribution in [0.4, 0.5) is 11.8 Å². The highest BCUT2D eigenvalue weighted by Gasteiger charge is 2.23. The zero-order valence-electron chi connectivity index (χ0n) is 18.7. The standard InChI is InChI=1S/C21H23N9O3S/c1-28(21-23-9-14(10-24-21)20(31)33-22)11-15-25-16-18(29(15)2)26-17(13-3-8-34-12-13)27-19(16)30-4-6-32-7-5-30/h3,8-10,12H,4-7,11,22H2,1-2H3. The Labute approximate surface area is 199 Å². The lowest BCUT2D eigenvalue weighted by molar-refractivity contribution is 0.0502. The number of aromatic nitrogens is 6. The van der Waals surface area contributed by atoms with Crippen LogP contribution in [0, 0.1) is 0 Å². The van der Waals surface area contributed by atoms with E-state index in [2.05, 4.69) is 19.7 Å². The number of rotatable bonds is 6. The highest BCUT2D eigenvalue weighted by Crippen LogP contribution is 2.29. The molecule has 176 valence electrons. The number of nitrogens with zero attached hydrogens (tertiary/aromatic N) is 8. The number of carbonyl (C=O) groups excluding carboxylic acids is 1. The Bertz CT molecular complexity index is 1300. The van der Waals surface area contributed by atoms with E-state index in [1.807, 2.05) is 40.4 Å². The second kappa shape index (κ2) is 9.29. The zero-order valence-corrected chi connectivity index (χ0v) is 19.5. The Balaban J connectivity index is 1.50. The second-order valence-corrected chi connectivity index (χ2v) is 8.55. The molecule has 0 saturated carbocycles. The third kappa shape index (κ3) is 4.16. The first-order chi connectivity index (χ1) is 16.5. The molecule has 2 N–H and O–H groups in total. The first kappa shape index (κ1) is 22.1. The normalized spacial score (nSPS) is 13.9. The van der Waals surface area contributed by atoms with Gasteiger partial charge in [0.2, 0.25) is 5.95 Å². The van der Waals surface area contributed by atoms with Crippen LogP contribution in [0.15, 0.2) is 29.2 Å². The summed E-state index contributed by atoms with van der Waals surface area (Å²) in [5.41, 5.74) is 2.65. The third-order valence-corrected chi connectivity index (χ3v) is 6.27. The van der Waals surface area contributed by atoms with Crippen molar-refractivity contribution in [3.05, 3.63) is 40.6 Å². The summed E-state index contributed by atoms with van der Waals surface area (Å²) in [6.45, 7) is 3.20. The lowest BCUT2D eigenvalue weighted by atomic mass is 10.3. The van der Waals surface area contributed by atoms with Gasteiger partial charge in [-0.05, 0) is 11.4 Å². The molecule has 0 aliphatic carbocycles. The number of thiophene rings is 1. The fourth-order valence-corrected chi connectivity index (χ4v) is 4.36. The lowest BCUT2D eigenvalue weighted by Crippen LogP contribution is -2.37. The average molecular weight is 482 g/mol. The van der Waals surface area contributed by atoms with Crippen LogP contribution in [-0.4, -0.2) is 68.8 Å². The maximum atomic E-state index is 11.5. The number of imidazole rings is 1. The van der Waals surface area contributed by atoms with Crippen molar-refractivity contribution in [3.8, 4) is 11.4 Å². The third-order valence-electron chi connectivity index (χ3n) is 5.58. The summed E-state index contributed by atoms with van der Waals surface area (Å²) < 4.78 is 7.50. The van der Waals surface area contributed by atoms with E-state index in [1.165, 1.54) is 12.4 Å². The van der Waals surface area contributed by atoms with Crippen molar-refractivity contribution < 1.29 is 14.4 Å². The van der Waals surface area contributed by atoms with E-state index in [0.717, 1.165) is 41.5 Å². The number of nitrogens with two attached hydrogens (primary N) is 1. The lowest BCUT2D eigenvalue weighted by Gasteiger charge is -2.28. The van der Waals surface area contributed by atoms with Crippen molar-refractivity contribution in [2.45, 2.75) is 6.54 Å². The van der Waals surface area contributed by atoms with Gasteiger partial charge in [0.25, 0.3) is 0 Å². The first-order valence-corrected chi connectivity index (χ1v) is 11.5. The summed E-state index contributed by atoms with van der Waals surface area (Å²) in [6.07, 6.45) is 2.75. The van der Waals surface area contributed by atoms with Crippen LogP contribution < -0.4 is 15.7 Å². The largest absolute Gasteiger partial charge is 0.378 e. The van der Waals surface area contributed by atoms with Crippen molar-refractivity contribution >= 4 is 40.2 Å². The van der Waals surface area contributed by atoms with E-state index in [1.54, 1.807) is 11.3 Å². The molecular weight excluding hydrogens is 458 g/mol. The van der Waals surface area contributed by atoms with Gasteiger partial charge >= 0.3 is 5.97 Å². The van der Waals surface area contributed by atoms with Crippen molar-refractivity contribution in [2.75, 3.05) is 43.2 Å². The average Bonchev–Trinajstić information content (AvgIpc) is 3.52. The molecule has 5 heterocycles. The quantitative estimate of drug-likeness (QED) is 0.400. The molecule has 0 spiro atoms. The van der Waals surface area contributed by atoms with Crippen LogP contribution in [0.2, 0.25) is 0 Å². The van der Waals surface area contributed by atoms with Gasteiger partial charge < -0.3 is 23.9 Å². The number of aryl methyl sites for hydroxylation is 1. The molecule has 1 saturated heterocycles. The van der Waals surface area contributed by atoms with Gasteiger partial charge in [-0.15, -0.1) is 0 Å². The van der Waals surface area contributed by atoms with E-state index >= 15 is 0 Å². The van der Waals surface area contributed by atoms with Crippen LogP contribution in [-0.2, 0) is 23.2 Å². The fraction of sp³-hybridized carbons (Fsp3) is 0.333. The number of hydrogen-bond acceptors (Lipinski definition) is 12. The van der Waals surface area contributed by atoms with Crippen molar-refractivity contribution in [3.63, 3.8) is 0 Å². The predicted octanol–water partition coefficient (Wildman–Crippen LogP) is 1.39. The number of carbonyl (C=O) groups is 1. The SMILES string of the molecule is CN(Cc1nc2c(N3CCOCC3)nc(-c3ccsc3)nc2n1C)c1ncc(C(=O)ON)cn1. The molecule has 34 heavy (non-hydrogen) atoms. The van der Waals surface area contributed by atoms with E-state index in [-0.39, 0.29) is 5.56 Å². The number of hydrogen-bond donors (Lipinski definition) is 1. The second-order valence-electron chi connectivity index (χ2n) is 7.77. The van der Waals surface area contributed by atoms with Crippen molar-refractivity contribution in [1.82, 2.24) is 29.5 Å². The minimum absolute atomic E-state index is 0.175. The Morgan fingerprint density at radius 1 is 1.24 bits per heavy atom. The summed E-state index contributed by atoms with van der Waals surface area (Å²) in [7, 11) is 3.79. The number of ether oxygens (including phenoxy) is 1. The highest BCUT2D eigenvalue weighted by molar-refractivity contribution is 7.08. The van der Waals surface area contributed by atoms with Gasteiger partial charge in [0.1, 0.15) is 5.82 Å². The molecule has 1 fully saturated rings. The van der Waals surface area contributed by atoms with Gasteiger partial charge in [-0.1, -0.05) is 0 Å². The Kier molecular flexibility index (Phi) is 6.04. The predicted molar refractivity (Wildman–Crippen MR) is 126 cm³/mol. The van der Waals surface area contributed by atoms with E-state index in [4.69, 9.17) is 25.6 Å². The molecule has 0 aromatic carbocycles. The number of morpholine rings is 1. The maximum absolute atomic E-state index is 11.5. The van der Waals surface area contributed by atoms with E-state index in [9.17, 15) is 4.79 Å². The van der Waals surface area contributed by atoms with Crippen LogP contribution in [0.1, 0.15) is 16.2 Å². The summed E-state index contributed by atoms with van der Waals surface area (Å²) >= 11 is 1.61. The Morgan fingerprint density at radius 3 is 2.68 bits per heavy atom. The van der Waals surface area contributed by atoms with Crippen LogP contribution in [0.3, 0.4) is 0 Å². The number of fused-ring (bicyclic) bond motifs is 1. The van der Waals surface area contributed by atoms with Gasteiger partial charge in [-0.3, -0.25) is 0 Å². The summed E-state index contributed by atoms with van der Waals surface area (Å²) in [6, 6.07) is 2.02. The van der Waals surface area contributed by atoms with Gasteiger partial charge in [0.15, 0.2) is 22.8 Å². The van der Waals surface area contributed by atoms with E-state index in [0.29, 0.717) is 31.5 Å². The minimum Gasteiger partial charge on any atom is -0.378 e. The first-order valence-electron chi connectivity index (χ1n) is 10.6. The van der Waals surface area contributed by atoms with Crippen LogP contribution >= 0.6 is 11.3 Å². The molecule has 0 bridgehead atoms. The smallest absolute Gasteiger partial charge is 0.359 e. The van der Waals surface area contributed by atoms with E-state index < -0.39 is 5.97 Å². The summed E-state index contributed by atoms with van der Waals surface area (Å²) in [4.78, 5) is 42.9. The molecule has 1 aliphatic heterocycles. The summed E-state index contributed by atoms with van der Waals surface area (Å²) in [5, 5.41) is 4.05. The number of anilines is 2. The monoisotopic (exact) mass is 481 g/mol. The molecule has 5 rings (SSSR count). The van der Waals surface area contributed by atoms with Crippen molar-refractivity contribution in [2.24, 2.45) is 12.9 Å². The summed E-state index contributed by atoms with van der Waals surface area (Å²) in [5.74, 6) is 6.90. The molecule has 0 atom stereocenters. The molecule has 4 aromatic heterocycles. The minimum atomic E-state index is -0.694. The molecule has 4 aromatic rings. The fourth-order valence-electron chi connectivity index (χ4n) is 3.72. The van der Waals surface area contributed by atoms with Crippen LogP contribution in [0.5, 0.6) is 0 Å². The van der Waals surface area contributed by atoms with Gasteiger partial charge in [0.05, 0.1) is 25.3 Å². The van der Waals surface area contributed by atoms with Crippen molar-refractivity contribution in [1.29, 1.82) is 0 Å². The molecule has 12 nitrogen and oxygen atoms in total. The maximum Gasteiger partial charge on any atom is 0.359 e. The van der Waals surface area contributed by atoms with Gasteiger partial charge in [0, 0.05) is 50.5 Å². The zero-order chi connectivity index (χ0) is 23.7. The molecule has 0 amide bonds. The van der Waals surface area contributed by atoms with Gasteiger partial charge in [-0.2, -0.15) is 17.2 Å². The van der Waals surface area contributed by atoms with Gasteiger partial charge in [-0.25, -0.2) is 29.7 Å². The molecule has 13 heteroatoms. The van der Waals surface area contributed by atoms with Crippen LogP contribution in [0.25, 0.3) is 22.6 Å². The highest BCUT2D eigenvalue weighted by atomic mass is 32.1. The Hall–Kier alpha value is -3.68. The molecule has 0 unspecified atom stereocenters. The molecule has 1 aliphatic rings. The Morgan fingerprint density at radius 2 is 2.00 bits per heavy atom. The topological polar surface area (TPSA) is 137 Å².